The number of ketones is 1. The molecular weight excluding hydrogens is 398 g/mol. The third-order valence-electron chi connectivity index (χ3n) is 5.55. The number of hydrogen-bond acceptors (Lipinski definition) is 5. The lowest BCUT2D eigenvalue weighted by molar-refractivity contribution is 0.0957. The maximum Gasteiger partial charge on any atom is 0.175 e. The van der Waals surface area contributed by atoms with Crippen LogP contribution in [0.4, 0.5) is 0 Å². The van der Waals surface area contributed by atoms with Crippen molar-refractivity contribution in [2.45, 2.75) is 44.5 Å². The van der Waals surface area contributed by atoms with E-state index in [1.165, 1.54) is 11.8 Å². The molecule has 4 rings (SSSR count). The number of methoxy groups -OCH3 is 1. The summed E-state index contributed by atoms with van der Waals surface area (Å²) in [5.74, 6) is 1.24. The Morgan fingerprint density at radius 2 is 2.20 bits per heavy atom. The first kappa shape index (κ1) is 20.8. The van der Waals surface area contributed by atoms with Crippen molar-refractivity contribution in [1.82, 2.24) is 14.1 Å². The molecule has 0 radical (unpaired) electrons. The third kappa shape index (κ3) is 4.32. The number of nitrogens with zero attached hydrogens (tertiary/aromatic N) is 3. The van der Waals surface area contributed by atoms with Gasteiger partial charge in [-0.15, -0.1) is 0 Å². The fourth-order valence-corrected chi connectivity index (χ4v) is 4.77. The van der Waals surface area contributed by atoms with Gasteiger partial charge in [-0.2, -0.15) is 0 Å². The Kier molecular flexibility index (Phi) is 6.29. The Bertz CT molecular complexity index is 1030. The molecule has 0 N–H and O–H groups in total. The standard InChI is InChI=1S/C23H27N3O3S/c1-16-12-21(17(2)26(16)14-20-8-5-11-29-20)22(27)15-30-23-24-9-10-25(23)18-6-4-7-19(13-18)28-3/h4,6-7,9-10,12-13,20H,5,8,11,14-15H2,1-3H3/t20-/m0/s1. The second-order valence-electron chi connectivity index (χ2n) is 7.52. The predicted molar refractivity (Wildman–Crippen MR) is 118 cm³/mol. The fraction of sp³-hybridized carbons (Fsp3) is 0.391. The van der Waals surface area contributed by atoms with E-state index in [2.05, 4.69) is 16.5 Å². The summed E-state index contributed by atoms with van der Waals surface area (Å²) in [6.45, 7) is 5.74. The van der Waals surface area contributed by atoms with E-state index in [4.69, 9.17) is 9.47 Å². The van der Waals surface area contributed by atoms with Gasteiger partial charge in [-0.25, -0.2) is 4.98 Å². The van der Waals surface area contributed by atoms with Crippen LogP contribution in [0.3, 0.4) is 0 Å². The van der Waals surface area contributed by atoms with E-state index >= 15 is 0 Å². The fourth-order valence-electron chi connectivity index (χ4n) is 3.92. The van der Waals surface area contributed by atoms with Gasteiger partial charge in [-0.05, 0) is 44.9 Å². The predicted octanol–water partition coefficient (Wildman–Crippen LogP) is 4.45. The summed E-state index contributed by atoms with van der Waals surface area (Å²) in [7, 11) is 1.65. The topological polar surface area (TPSA) is 58.3 Å². The molecule has 1 saturated heterocycles. The average Bonchev–Trinajstić information content (AvgIpc) is 3.50. The zero-order chi connectivity index (χ0) is 21.1. The van der Waals surface area contributed by atoms with Gasteiger partial charge in [0.15, 0.2) is 10.9 Å². The quantitative estimate of drug-likeness (QED) is 0.394. The minimum Gasteiger partial charge on any atom is -0.497 e. The van der Waals surface area contributed by atoms with Crippen molar-refractivity contribution >= 4 is 17.5 Å². The number of carbonyl (C=O) groups excluding carboxylic acids is 1. The molecule has 1 aliphatic rings. The highest BCUT2D eigenvalue weighted by Crippen LogP contribution is 2.26. The molecule has 2 aromatic heterocycles. The van der Waals surface area contributed by atoms with Gasteiger partial charge in [-0.1, -0.05) is 17.8 Å². The van der Waals surface area contributed by atoms with Crippen LogP contribution in [-0.4, -0.2) is 45.5 Å². The van der Waals surface area contributed by atoms with Crippen LogP contribution in [0.25, 0.3) is 5.69 Å². The third-order valence-corrected chi connectivity index (χ3v) is 6.52. The van der Waals surface area contributed by atoms with E-state index in [9.17, 15) is 4.79 Å². The van der Waals surface area contributed by atoms with Crippen LogP contribution < -0.4 is 4.74 Å². The highest BCUT2D eigenvalue weighted by molar-refractivity contribution is 7.99. The summed E-state index contributed by atoms with van der Waals surface area (Å²) in [6.07, 6.45) is 6.10. The van der Waals surface area contributed by atoms with Crippen molar-refractivity contribution in [3.8, 4) is 11.4 Å². The maximum atomic E-state index is 13.0. The van der Waals surface area contributed by atoms with Gasteiger partial charge in [-0.3, -0.25) is 9.36 Å². The van der Waals surface area contributed by atoms with Gasteiger partial charge in [0.25, 0.3) is 0 Å². The van der Waals surface area contributed by atoms with E-state index in [1.807, 2.05) is 48.0 Å². The Labute approximate surface area is 181 Å². The minimum atomic E-state index is 0.117. The molecule has 1 atom stereocenters. The smallest absolute Gasteiger partial charge is 0.175 e. The van der Waals surface area contributed by atoms with E-state index in [0.29, 0.717) is 5.75 Å². The molecule has 30 heavy (non-hydrogen) atoms. The van der Waals surface area contributed by atoms with Gasteiger partial charge in [0.2, 0.25) is 0 Å². The Morgan fingerprint density at radius 1 is 1.33 bits per heavy atom. The molecule has 0 saturated carbocycles. The number of ether oxygens (including phenoxy) is 2. The number of hydrogen-bond donors (Lipinski definition) is 0. The van der Waals surface area contributed by atoms with Gasteiger partial charge >= 0.3 is 0 Å². The Balaban J connectivity index is 1.46. The maximum absolute atomic E-state index is 13.0. The van der Waals surface area contributed by atoms with E-state index in [1.54, 1.807) is 13.3 Å². The molecule has 7 heteroatoms. The molecule has 0 bridgehead atoms. The van der Waals surface area contributed by atoms with Crippen molar-refractivity contribution in [3.05, 3.63) is 59.7 Å². The first-order valence-corrected chi connectivity index (χ1v) is 11.2. The first-order valence-electron chi connectivity index (χ1n) is 10.2. The number of aryl methyl sites for hydroxylation is 1. The van der Waals surface area contributed by atoms with Crippen molar-refractivity contribution in [3.63, 3.8) is 0 Å². The van der Waals surface area contributed by atoms with E-state index in [-0.39, 0.29) is 11.9 Å². The number of thioether (sulfide) groups is 1. The number of rotatable bonds is 8. The van der Waals surface area contributed by atoms with Crippen LogP contribution in [0.15, 0.2) is 47.9 Å². The lowest BCUT2D eigenvalue weighted by atomic mass is 10.2. The molecule has 158 valence electrons. The highest BCUT2D eigenvalue weighted by atomic mass is 32.2. The number of carbonyl (C=O) groups is 1. The number of Topliss-reactive ketones (excluding diaryl/α,β-unsaturated/α-hetero) is 1. The Hall–Kier alpha value is -2.51. The molecule has 6 nitrogen and oxygen atoms in total. The summed E-state index contributed by atoms with van der Waals surface area (Å²) in [6, 6.07) is 9.79. The summed E-state index contributed by atoms with van der Waals surface area (Å²) in [5.41, 5.74) is 3.87. The van der Waals surface area contributed by atoms with Crippen LogP contribution >= 0.6 is 11.8 Å². The summed E-state index contributed by atoms with van der Waals surface area (Å²) < 4.78 is 15.3. The number of aromatic nitrogens is 3. The molecule has 1 aromatic carbocycles. The first-order chi connectivity index (χ1) is 14.6. The van der Waals surface area contributed by atoms with Crippen molar-refractivity contribution < 1.29 is 14.3 Å². The second-order valence-corrected chi connectivity index (χ2v) is 8.47. The number of benzene rings is 1. The molecule has 0 aliphatic carbocycles. The molecule has 1 aliphatic heterocycles. The molecule has 3 aromatic rings. The SMILES string of the molecule is COc1cccc(-n2ccnc2SCC(=O)c2cc(C)n(C[C@@H]3CCCO3)c2C)c1. The zero-order valence-corrected chi connectivity index (χ0v) is 18.4. The van der Waals surface area contributed by atoms with Gasteiger partial charge in [0, 0.05) is 48.6 Å². The van der Waals surface area contributed by atoms with Crippen LogP contribution in [0, 0.1) is 13.8 Å². The molecule has 1 fully saturated rings. The van der Waals surface area contributed by atoms with Crippen LogP contribution in [0.2, 0.25) is 0 Å². The molecule has 0 unspecified atom stereocenters. The van der Waals surface area contributed by atoms with Crippen LogP contribution in [-0.2, 0) is 11.3 Å². The van der Waals surface area contributed by atoms with Crippen LogP contribution in [0.1, 0.15) is 34.6 Å². The van der Waals surface area contributed by atoms with Gasteiger partial charge in [0.05, 0.1) is 24.7 Å². The summed E-state index contributed by atoms with van der Waals surface area (Å²) >= 11 is 1.45. The zero-order valence-electron chi connectivity index (χ0n) is 17.6. The van der Waals surface area contributed by atoms with Gasteiger partial charge < -0.3 is 14.0 Å². The lowest BCUT2D eigenvalue weighted by Gasteiger charge is -2.14. The Morgan fingerprint density at radius 3 is 2.97 bits per heavy atom. The van der Waals surface area contributed by atoms with Crippen LogP contribution in [0.5, 0.6) is 5.75 Å². The lowest BCUT2D eigenvalue weighted by Crippen LogP contribution is -2.17. The molecule has 3 heterocycles. The normalized spacial score (nSPS) is 16.2. The second kappa shape index (κ2) is 9.10. The average molecular weight is 426 g/mol. The van der Waals surface area contributed by atoms with Crippen molar-refractivity contribution in [2.24, 2.45) is 0 Å². The van der Waals surface area contributed by atoms with E-state index < -0.39 is 0 Å². The summed E-state index contributed by atoms with van der Waals surface area (Å²) in [5, 5.41) is 0.782. The van der Waals surface area contributed by atoms with Gasteiger partial charge in [0.1, 0.15) is 5.75 Å². The van der Waals surface area contributed by atoms with Crippen molar-refractivity contribution in [1.29, 1.82) is 0 Å². The molecule has 0 amide bonds. The largest absolute Gasteiger partial charge is 0.497 e. The number of imidazole rings is 1. The minimum absolute atomic E-state index is 0.117. The van der Waals surface area contributed by atoms with Crippen molar-refractivity contribution in [2.75, 3.05) is 19.5 Å². The monoisotopic (exact) mass is 425 g/mol. The molecule has 0 spiro atoms. The van der Waals surface area contributed by atoms with E-state index in [0.717, 1.165) is 59.5 Å². The highest BCUT2D eigenvalue weighted by Gasteiger charge is 2.21. The molecular formula is C23H27N3O3S. The summed E-state index contributed by atoms with van der Waals surface area (Å²) in [4.78, 5) is 17.4.